The largest absolute Gasteiger partial charge is 0.468 e. The average molecular weight is 370 g/mol. The number of ether oxygens (including phenoxy) is 1. The number of thiophene rings is 1. The summed E-state index contributed by atoms with van der Waals surface area (Å²) in [5.74, 6) is -0.723. The first kappa shape index (κ1) is 16.6. The summed E-state index contributed by atoms with van der Waals surface area (Å²) in [6, 6.07) is 2.26. The molecule has 0 saturated carbocycles. The van der Waals surface area contributed by atoms with E-state index in [1.807, 2.05) is 6.92 Å². The lowest BCUT2D eigenvalue weighted by atomic mass is 10.0. The van der Waals surface area contributed by atoms with Crippen LogP contribution in [-0.4, -0.2) is 27.5 Å². The van der Waals surface area contributed by atoms with Crippen LogP contribution in [0.25, 0.3) is 0 Å². The second kappa shape index (κ2) is 6.83. The molecule has 0 radical (unpaired) electrons. The van der Waals surface area contributed by atoms with Gasteiger partial charge in [-0.2, -0.15) is 4.72 Å². The minimum atomic E-state index is -3.71. The second-order valence-electron chi connectivity index (χ2n) is 4.07. The van der Waals surface area contributed by atoms with Crippen molar-refractivity contribution >= 4 is 43.3 Å². The van der Waals surface area contributed by atoms with Crippen molar-refractivity contribution in [2.45, 2.75) is 30.5 Å². The van der Waals surface area contributed by atoms with Crippen LogP contribution in [0.4, 0.5) is 0 Å². The average Bonchev–Trinajstić information content (AvgIpc) is 2.81. The van der Waals surface area contributed by atoms with Crippen molar-refractivity contribution in [1.29, 1.82) is 0 Å². The van der Waals surface area contributed by atoms with Crippen molar-refractivity contribution in [3.8, 4) is 0 Å². The Kier molecular flexibility index (Phi) is 5.97. The summed E-state index contributed by atoms with van der Waals surface area (Å²) in [5.41, 5.74) is 0. The summed E-state index contributed by atoms with van der Waals surface area (Å²) in [5, 5.41) is 0. The lowest BCUT2D eigenvalue weighted by Gasteiger charge is -2.21. The molecule has 1 aromatic rings. The molecule has 108 valence electrons. The molecule has 0 aliphatic heterocycles. The predicted molar refractivity (Wildman–Crippen MR) is 77.6 cm³/mol. The third-order valence-electron chi connectivity index (χ3n) is 2.76. The van der Waals surface area contributed by atoms with Crippen LogP contribution in [0.2, 0.25) is 0 Å². The van der Waals surface area contributed by atoms with Crippen molar-refractivity contribution < 1.29 is 17.9 Å². The number of hydrogen-bond acceptors (Lipinski definition) is 5. The summed E-state index contributed by atoms with van der Waals surface area (Å²) in [4.78, 5) is 11.7. The molecule has 0 aliphatic rings. The van der Waals surface area contributed by atoms with Crippen molar-refractivity contribution in [3.63, 3.8) is 0 Å². The Labute approximate surface area is 125 Å². The molecule has 5 nitrogen and oxygen atoms in total. The first-order chi connectivity index (χ1) is 8.81. The third kappa shape index (κ3) is 4.27. The number of carbonyl (C=O) groups excluding carboxylic acids is 1. The maximum absolute atomic E-state index is 12.2. The molecule has 0 fully saturated rings. The summed E-state index contributed by atoms with van der Waals surface area (Å²) in [6.45, 7) is 3.69. The fraction of sp³-hybridized carbons (Fsp3) is 0.545. The molecule has 1 aromatic heterocycles. The van der Waals surface area contributed by atoms with E-state index in [0.29, 0.717) is 10.2 Å². The summed E-state index contributed by atoms with van der Waals surface area (Å²) < 4.78 is 32.3. The molecular formula is C11H16BrNO4S2. The Balaban J connectivity index is 2.98. The molecule has 0 amide bonds. The highest BCUT2D eigenvalue weighted by atomic mass is 79.9. The van der Waals surface area contributed by atoms with E-state index < -0.39 is 22.0 Å². The van der Waals surface area contributed by atoms with E-state index in [0.717, 1.165) is 11.3 Å². The number of halogens is 1. The van der Waals surface area contributed by atoms with Crippen LogP contribution in [0.15, 0.2) is 20.1 Å². The van der Waals surface area contributed by atoms with E-state index in [9.17, 15) is 13.2 Å². The maximum atomic E-state index is 12.2. The van der Waals surface area contributed by atoms with Gasteiger partial charge in [-0.15, -0.1) is 11.3 Å². The standard InChI is InChI=1S/C11H16BrNO4S2/c1-4-7(2)10(11(14)17-3)13-19(15,16)9-6-5-8(12)18-9/h5-7,10,13H,4H2,1-3H3/t7-,10+/m1/s1. The van der Waals surface area contributed by atoms with Crippen LogP contribution < -0.4 is 4.72 Å². The van der Waals surface area contributed by atoms with E-state index in [1.54, 1.807) is 13.0 Å². The van der Waals surface area contributed by atoms with Crippen LogP contribution in [0, 0.1) is 5.92 Å². The van der Waals surface area contributed by atoms with Gasteiger partial charge in [0.05, 0.1) is 10.9 Å². The van der Waals surface area contributed by atoms with Gasteiger partial charge in [-0.1, -0.05) is 20.3 Å². The zero-order chi connectivity index (χ0) is 14.6. The predicted octanol–water partition coefficient (Wildman–Crippen LogP) is 2.38. The minimum absolute atomic E-state index is 0.148. The molecule has 8 heteroatoms. The van der Waals surface area contributed by atoms with Gasteiger partial charge < -0.3 is 4.74 Å². The van der Waals surface area contributed by atoms with Crippen LogP contribution in [-0.2, 0) is 19.6 Å². The molecule has 0 saturated heterocycles. The van der Waals surface area contributed by atoms with Gasteiger partial charge in [0.15, 0.2) is 0 Å². The fourth-order valence-corrected chi connectivity index (χ4v) is 4.75. The van der Waals surface area contributed by atoms with Crippen molar-refractivity contribution in [1.82, 2.24) is 4.72 Å². The number of nitrogens with one attached hydrogen (secondary N) is 1. The fourth-order valence-electron chi connectivity index (χ4n) is 1.43. The van der Waals surface area contributed by atoms with Gasteiger partial charge in [-0.25, -0.2) is 8.42 Å². The number of esters is 1. The Bertz CT molecular complexity index is 541. The van der Waals surface area contributed by atoms with Gasteiger partial charge in [-0.05, 0) is 34.0 Å². The topological polar surface area (TPSA) is 72.5 Å². The smallest absolute Gasteiger partial charge is 0.324 e. The quantitative estimate of drug-likeness (QED) is 0.781. The highest BCUT2D eigenvalue weighted by molar-refractivity contribution is 9.11. The number of methoxy groups -OCH3 is 1. The van der Waals surface area contributed by atoms with Gasteiger partial charge in [0.25, 0.3) is 10.0 Å². The molecule has 0 unspecified atom stereocenters. The van der Waals surface area contributed by atoms with Crippen LogP contribution >= 0.6 is 27.3 Å². The molecule has 0 bridgehead atoms. The highest BCUT2D eigenvalue weighted by Crippen LogP contribution is 2.26. The monoisotopic (exact) mass is 369 g/mol. The van der Waals surface area contributed by atoms with Crippen molar-refractivity contribution in [3.05, 3.63) is 15.9 Å². The Morgan fingerprint density at radius 2 is 2.16 bits per heavy atom. The van der Waals surface area contributed by atoms with Crippen molar-refractivity contribution in [2.75, 3.05) is 7.11 Å². The lowest BCUT2D eigenvalue weighted by molar-refractivity contribution is -0.143. The van der Waals surface area contributed by atoms with E-state index in [-0.39, 0.29) is 10.1 Å². The zero-order valence-corrected chi connectivity index (χ0v) is 14.1. The zero-order valence-electron chi connectivity index (χ0n) is 10.8. The third-order valence-corrected chi connectivity index (χ3v) is 6.32. The molecule has 1 heterocycles. The number of sulfonamides is 1. The van der Waals surface area contributed by atoms with Gasteiger partial charge >= 0.3 is 5.97 Å². The van der Waals surface area contributed by atoms with E-state index in [4.69, 9.17) is 0 Å². The second-order valence-corrected chi connectivity index (χ2v) is 8.47. The van der Waals surface area contributed by atoms with Gasteiger partial charge in [0.2, 0.25) is 0 Å². The molecular weight excluding hydrogens is 354 g/mol. The summed E-state index contributed by atoms with van der Waals surface area (Å²) in [7, 11) is -2.47. The molecule has 2 atom stereocenters. The van der Waals surface area contributed by atoms with Crippen LogP contribution in [0.1, 0.15) is 20.3 Å². The van der Waals surface area contributed by atoms with E-state index >= 15 is 0 Å². The van der Waals surface area contributed by atoms with Crippen LogP contribution in [0.3, 0.4) is 0 Å². The number of rotatable bonds is 6. The Hall–Kier alpha value is -0.440. The SMILES string of the molecule is CC[C@@H](C)[C@H](NS(=O)(=O)c1ccc(Br)s1)C(=O)OC. The van der Waals surface area contributed by atoms with Gasteiger partial charge in [-0.3, -0.25) is 4.79 Å². The first-order valence-electron chi connectivity index (χ1n) is 5.67. The molecule has 0 spiro atoms. The molecule has 19 heavy (non-hydrogen) atoms. The first-order valence-corrected chi connectivity index (χ1v) is 8.76. The molecule has 0 aliphatic carbocycles. The van der Waals surface area contributed by atoms with Gasteiger partial charge in [0.1, 0.15) is 10.3 Å². The van der Waals surface area contributed by atoms with Crippen molar-refractivity contribution in [2.24, 2.45) is 5.92 Å². The van der Waals surface area contributed by atoms with Gasteiger partial charge in [0, 0.05) is 0 Å². The lowest BCUT2D eigenvalue weighted by Crippen LogP contribution is -2.45. The Morgan fingerprint density at radius 1 is 1.53 bits per heavy atom. The minimum Gasteiger partial charge on any atom is -0.468 e. The summed E-state index contributed by atoms with van der Waals surface area (Å²) >= 11 is 4.30. The molecule has 1 N–H and O–H groups in total. The van der Waals surface area contributed by atoms with Crippen LogP contribution in [0.5, 0.6) is 0 Å². The summed E-state index contributed by atoms with van der Waals surface area (Å²) in [6.07, 6.45) is 0.663. The molecule has 1 rings (SSSR count). The van der Waals surface area contributed by atoms with E-state index in [1.165, 1.54) is 13.2 Å². The van der Waals surface area contributed by atoms with E-state index in [2.05, 4.69) is 25.4 Å². The highest BCUT2D eigenvalue weighted by Gasteiger charge is 2.30. The Morgan fingerprint density at radius 3 is 2.58 bits per heavy atom. The normalized spacial score (nSPS) is 14.9. The number of hydrogen-bond donors (Lipinski definition) is 1. The molecule has 0 aromatic carbocycles. The maximum Gasteiger partial charge on any atom is 0.324 e. The number of carbonyl (C=O) groups is 1.